The first-order valence-corrected chi connectivity index (χ1v) is 6.31. The Kier molecular flexibility index (Phi) is 4.91. The van der Waals surface area contributed by atoms with Crippen molar-refractivity contribution in [3.8, 4) is 0 Å². The highest BCUT2D eigenvalue weighted by atomic mass is 16.4. The molecule has 0 heterocycles. The van der Waals surface area contributed by atoms with Gasteiger partial charge in [-0.3, -0.25) is 0 Å². The van der Waals surface area contributed by atoms with Gasteiger partial charge in [0, 0.05) is 5.57 Å². The minimum absolute atomic E-state index is 0.342. The van der Waals surface area contributed by atoms with Crippen molar-refractivity contribution in [1.82, 2.24) is 0 Å². The summed E-state index contributed by atoms with van der Waals surface area (Å²) in [6, 6.07) is 0. The number of carbonyl (C=O) groups is 1. The zero-order chi connectivity index (χ0) is 13.8. The van der Waals surface area contributed by atoms with E-state index in [2.05, 4.69) is 19.6 Å². The summed E-state index contributed by atoms with van der Waals surface area (Å²) < 4.78 is 0. The van der Waals surface area contributed by atoms with Crippen molar-refractivity contribution < 1.29 is 15.0 Å². The fourth-order valence-electron chi connectivity index (χ4n) is 2.06. The standard InChI is InChI=1S/C15H22O3/c1-11-7-9-15(18,10-8-11)13(3)6-4-5-12(2)14(16)17/h5,7,18H,3-4,6,8-10H2,1-2H3,(H,16,17)/b12-5+/t15-/m0/s1. The maximum atomic E-state index is 10.6. The molecular formula is C15H22O3. The Morgan fingerprint density at radius 1 is 1.61 bits per heavy atom. The lowest BCUT2D eigenvalue weighted by molar-refractivity contribution is -0.132. The molecule has 0 spiro atoms. The summed E-state index contributed by atoms with van der Waals surface area (Å²) in [5.74, 6) is -0.893. The van der Waals surface area contributed by atoms with Gasteiger partial charge in [0.2, 0.25) is 0 Å². The molecule has 0 saturated carbocycles. The lowest BCUT2D eigenvalue weighted by Crippen LogP contribution is -2.32. The summed E-state index contributed by atoms with van der Waals surface area (Å²) >= 11 is 0. The van der Waals surface area contributed by atoms with Crippen LogP contribution in [0.15, 0.2) is 35.5 Å². The topological polar surface area (TPSA) is 57.5 Å². The number of carboxylic acid groups (broad SMARTS) is 1. The predicted molar refractivity (Wildman–Crippen MR) is 72.3 cm³/mol. The van der Waals surface area contributed by atoms with Crippen LogP contribution in [0, 0.1) is 0 Å². The van der Waals surface area contributed by atoms with Crippen LogP contribution in [-0.2, 0) is 4.79 Å². The van der Waals surface area contributed by atoms with E-state index in [4.69, 9.17) is 5.11 Å². The minimum atomic E-state index is -0.893. The Labute approximate surface area is 109 Å². The molecule has 18 heavy (non-hydrogen) atoms. The summed E-state index contributed by atoms with van der Waals surface area (Å²) in [6.45, 7) is 7.61. The molecule has 0 fully saturated rings. The molecule has 0 aromatic carbocycles. The predicted octanol–water partition coefficient (Wildman–Crippen LogP) is 3.22. The maximum Gasteiger partial charge on any atom is 0.330 e. The van der Waals surface area contributed by atoms with Crippen molar-refractivity contribution in [2.75, 3.05) is 0 Å². The Morgan fingerprint density at radius 3 is 2.78 bits per heavy atom. The van der Waals surface area contributed by atoms with E-state index in [9.17, 15) is 9.90 Å². The molecule has 1 rings (SSSR count). The van der Waals surface area contributed by atoms with Gasteiger partial charge >= 0.3 is 5.97 Å². The molecule has 1 aliphatic carbocycles. The van der Waals surface area contributed by atoms with Gasteiger partial charge in [-0.25, -0.2) is 4.79 Å². The van der Waals surface area contributed by atoms with Crippen molar-refractivity contribution in [1.29, 1.82) is 0 Å². The number of rotatable bonds is 5. The van der Waals surface area contributed by atoms with Gasteiger partial charge < -0.3 is 10.2 Å². The van der Waals surface area contributed by atoms with Gasteiger partial charge in [-0.05, 0) is 51.5 Å². The molecule has 0 aromatic rings. The van der Waals surface area contributed by atoms with Crippen molar-refractivity contribution in [2.24, 2.45) is 0 Å². The van der Waals surface area contributed by atoms with Crippen molar-refractivity contribution in [3.05, 3.63) is 35.5 Å². The second kappa shape index (κ2) is 6.01. The minimum Gasteiger partial charge on any atom is -0.478 e. The highest BCUT2D eigenvalue weighted by molar-refractivity contribution is 5.85. The Bertz CT molecular complexity index is 404. The van der Waals surface area contributed by atoms with Crippen LogP contribution < -0.4 is 0 Å². The molecule has 2 N–H and O–H groups in total. The van der Waals surface area contributed by atoms with E-state index in [1.54, 1.807) is 13.0 Å². The number of hydrogen-bond acceptors (Lipinski definition) is 2. The van der Waals surface area contributed by atoms with Gasteiger partial charge in [0.05, 0.1) is 5.60 Å². The number of hydrogen-bond donors (Lipinski definition) is 2. The van der Waals surface area contributed by atoms with Crippen molar-refractivity contribution >= 4 is 5.97 Å². The third kappa shape index (κ3) is 3.84. The van der Waals surface area contributed by atoms with Crippen LogP contribution in [0.1, 0.15) is 46.0 Å². The van der Waals surface area contributed by atoms with Crippen LogP contribution in [0.3, 0.4) is 0 Å². The maximum absolute atomic E-state index is 10.6. The monoisotopic (exact) mass is 250 g/mol. The van der Waals surface area contributed by atoms with E-state index >= 15 is 0 Å². The van der Waals surface area contributed by atoms with E-state index in [0.29, 0.717) is 24.8 Å². The van der Waals surface area contributed by atoms with Crippen molar-refractivity contribution in [3.63, 3.8) is 0 Å². The Hall–Kier alpha value is -1.35. The molecule has 0 amide bonds. The summed E-state index contributed by atoms with van der Waals surface area (Å²) in [7, 11) is 0. The highest BCUT2D eigenvalue weighted by Gasteiger charge is 2.30. The zero-order valence-electron chi connectivity index (χ0n) is 11.2. The van der Waals surface area contributed by atoms with Crippen LogP contribution in [-0.4, -0.2) is 21.8 Å². The zero-order valence-corrected chi connectivity index (χ0v) is 11.2. The van der Waals surface area contributed by atoms with E-state index in [-0.39, 0.29) is 0 Å². The molecule has 3 heteroatoms. The molecule has 0 saturated heterocycles. The number of aliphatic carboxylic acids is 1. The molecular weight excluding hydrogens is 228 g/mol. The molecule has 1 atom stereocenters. The number of carboxylic acids is 1. The first-order chi connectivity index (χ1) is 8.35. The number of allylic oxidation sites excluding steroid dienone is 2. The van der Waals surface area contributed by atoms with E-state index in [1.165, 1.54) is 5.57 Å². The molecule has 0 radical (unpaired) electrons. The summed E-state index contributed by atoms with van der Waals surface area (Å²) in [5.41, 5.74) is 1.66. The fourth-order valence-corrected chi connectivity index (χ4v) is 2.06. The van der Waals surface area contributed by atoms with Crippen LogP contribution in [0.2, 0.25) is 0 Å². The molecule has 0 aromatic heterocycles. The molecule has 100 valence electrons. The Morgan fingerprint density at radius 2 is 2.28 bits per heavy atom. The second-order valence-corrected chi connectivity index (χ2v) is 5.12. The first-order valence-electron chi connectivity index (χ1n) is 6.31. The van der Waals surface area contributed by atoms with Crippen LogP contribution in [0.5, 0.6) is 0 Å². The van der Waals surface area contributed by atoms with Crippen molar-refractivity contribution in [2.45, 2.75) is 51.6 Å². The van der Waals surface area contributed by atoms with Crippen LogP contribution >= 0.6 is 0 Å². The van der Waals surface area contributed by atoms with Gasteiger partial charge in [-0.1, -0.05) is 24.3 Å². The van der Waals surface area contributed by atoms with E-state index in [0.717, 1.165) is 18.4 Å². The average Bonchev–Trinajstić information content (AvgIpc) is 2.32. The van der Waals surface area contributed by atoms with Gasteiger partial charge in [0.15, 0.2) is 0 Å². The molecule has 1 aliphatic rings. The van der Waals surface area contributed by atoms with E-state index in [1.807, 2.05) is 0 Å². The Balaban J connectivity index is 2.51. The van der Waals surface area contributed by atoms with Gasteiger partial charge in [0.25, 0.3) is 0 Å². The third-order valence-corrected chi connectivity index (χ3v) is 3.61. The fraction of sp³-hybridized carbons (Fsp3) is 0.533. The second-order valence-electron chi connectivity index (χ2n) is 5.12. The smallest absolute Gasteiger partial charge is 0.330 e. The molecule has 0 bridgehead atoms. The number of aliphatic hydroxyl groups is 1. The SMILES string of the molecule is C=C(CC/C=C(\C)C(=O)O)[C@]1(O)CC=C(C)CC1. The molecule has 0 aliphatic heterocycles. The van der Waals surface area contributed by atoms with Gasteiger partial charge in [-0.15, -0.1) is 0 Å². The summed E-state index contributed by atoms with van der Waals surface area (Å²) in [6.07, 6.45) is 7.23. The third-order valence-electron chi connectivity index (χ3n) is 3.61. The normalized spacial score (nSPS) is 24.6. The van der Waals surface area contributed by atoms with E-state index < -0.39 is 11.6 Å². The average molecular weight is 250 g/mol. The quantitative estimate of drug-likeness (QED) is 0.582. The lowest BCUT2D eigenvalue weighted by atomic mass is 9.79. The highest BCUT2D eigenvalue weighted by Crippen LogP contribution is 2.34. The van der Waals surface area contributed by atoms with Gasteiger partial charge in [-0.2, -0.15) is 0 Å². The molecule has 3 nitrogen and oxygen atoms in total. The summed E-state index contributed by atoms with van der Waals surface area (Å²) in [4.78, 5) is 10.6. The first kappa shape index (κ1) is 14.7. The summed E-state index contributed by atoms with van der Waals surface area (Å²) in [5, 5.41) is 19.2. The lowest BCUT2D eigenvalue weighted by Gasteiger charge is -2.33. The molecule has 0 unspecified atom stereocenters. The van der Waals surface area contributed by atoms with Crippen LogP contribution in [0.4, 0.5) is 0 Å². The van der Waals surface area contributed by atoms with Crippen LogP contribution in [0.25, 0.3) is 0 Å². The largest absolute Gasteiger partial charge is 0.478 e. The van der Waals surface area contributed by atoms with Gasteiger partial charge in [0.1, 0.15) is 0 Å².